The first-order valence-electron chi connectivity index (χ1n) is 8.51. The number of hydrogen-bond donors (Lipinski definition) is 3. The van der Waals surface area contributed by atoms with E-state index >= 15 is 0 Å². The van der Waals surface area contributed by atoms with Crippen LogP contribution in [0.15, 0.2) is 30.3 Å². The maximum absolute atomic E-state index is 12.4. The van der Waals surface area contributed by atoms with Crippen molar-refractivity contribution in [3.05, 3.63) is 46.6 Å². The normalized spacial score (nSPS) is 22.8. The first-order chi connectivity index (χ1) is 12.3. The topological polar surface area (TPSA) is 88.0 Å². The molecule has 2 amide bonds. The molecule has 138 valence electrons. The lowest BCUT2D eigenvalue weighted by Gasteiger charge is -2.34. The first kappa shape index (κ1) is 18.4. The first-order valence-corrected chi connectivity index (χ1v) is 8.89. The Morgan fingerprint density at radius 1 is 1.35 bits per heavy atom. The Labute approximate surface area is 157 Å². The van der Waals surface area contributed by atoms with Crippen molar-refractivity contribution in [2.45, 2.75) is 39.5 Å². The predicted molar refractivity (Wildman–Crippen MR) is 99.7 cm³/mol. The van der Waals surface area contributed by atoms with Crippen LogP contribution in [0.4, 0.5) is 5.82 Å². The zero-order chi connectivity index (χ0) is 18.8. The van der Waals surface area contributed by atoms with Crippen molar-refractivity contribution in [3.63, 3.8) is 0 Å². The molecule has 0 spiro atoms. The SMILES string of the molecule is Cc1cc(NC(=O)Cc2ccccc2Cl)n(C2NC(=O)C(C)C(C)N2)n1. The van der Waals surface area contributed by atoms with Gasteiger partial charge in [0.15, 0.2) is 6.29 Å². The molecule has 2 heterocycles. The van der Waals surface area contributed by atoms with E-state index in [2.05, 4.69) is 21.0 Å². The van der Waals surface area contributed by atoms with Crippen LogP contribution in [0.1, 0.15) is 31.4 Å². The number of aryl methyl sites for hydroxylation is 1. The Bertz CT molecular complexity index is 835. The van der Waals surface area contributed by atoms with Crippen LogP contribution in [0.25, 0.3) is 0 Å². The lowest BCUT2D eigenvalue weighted by molar-refractivity contribution is -0.130. The van der Waals surface area contributed by atoms with Gasteiger partial charge < -0.3 is 10.6 Å². The third-order valence-corrected chi connectivity index (χ3v) is 4.91. The summed E-state index contributed by atoms with van der Waals surface area (Å²) in [5, 5.41) is 14.0. The molecule has 3 N–H and O–H groups in total. The second-order valence-corrected chi connectivity index (χ2v) is 6.99. The van der Waals surface area contributed by atoms with Gasteiger partial charge in [-0.3, -0.25) is 14.9 Å². The molecule has 1 fully saturated rings. The van der Waals surface area contributed by atoms with Gasteiger partial charge in [0.05, 0.1) is 18.0 Å². The number of aromatic nitrogens is 2. The highest BCUT2D eigenvalue weighted by atomic mass is 35.5. The molecule has 3 rings (SSSR count). The molecule has 1 saturated heterocycles. The number of anilines is 1. The Morgan fingerprint density at radius 2 is 2.08 bits per heavy atom. The summed E-state index contributed by atoms with van der Waals surface area (Å²) in [6.07, 6.45) is -0.361. The molecular weight excluding hydrogens is 354 g/mol. The number of hydrogen-bond acceptors (Lipinski definition) is 4. The highest BCUT2D eigenvalue weighted by Gasteiger charge is 2.32. The average Bonchev–Trinajstić information content (AvgIpc) is 2.94. The summed E-state index contributed by atoms with van der Waals surface area (Å²) in [5.74, 6) is 0.117. The number of nitrogens with zero attached hydrogens (tertiary/aromatic N) is 2. The van der Waals surface area contributed by atoms with Crippen LogP contribution in [0.2, 0.25) is 5.02 Å². The largest absolute Gasteiger partial charge is 0.322 e. The molecule has 0 saturated carbocycles. The van der Waals surface area contributed by atoms with E-state index in [-0.39, 0.29) is 30.2 Å². The maximum atomic E-state index is 12.4. The summed E-state index contributed by atoms with van der Waals surface area (Å²) in [6, 6.07) is 8.99. The van der Waals surface area contributed by atoms with Crippen LogP contribution >= 0.6 is 11.6 Å². The second kappa shape index (κ2) is 7.47. The van der Waals surface area contributed by atoms with Crippen molar-refractivity contribution in [1.29, 1.82) is 0 Å². The summed E-state index contributed by atoms with van der Waals surface area (Å²) >= 11 is 6.12. The monoisotopic (exact) mass is 375 g/mol. The molecule has 1 aliphatic rings. The average molecular weight is 376 g/mol. The number of benzene rings is 1. The van der Waals surface area contributed by atoms with Gasteiger partial charge in [-0.1, -0.05) is 36.7 Å². The van der Waals surface area contributed by atoms with Crippen molar-refractivity contribution in [2.75, 3.05) is 5.32 Å². The summed E-state index contributed by atoms with van der Waals surface area (Å²) in [4.78, 5) is 24.6. The molecule has 1 aromatic heterocycles. The van der Waals surface area contributed by atoms with Crippen molar-refractivity contribution < 1.29 is 9.59 Å². The number of nitrogens with one attached hydrogen (secondary N) is 3. The van der Waals surface area contributed by atoms with E-state index < -0.39 is 6.29 Å². The van der Waals surface area contributed by atoms with Gasteiger partial charge in [-0.25, -0.2) is 4.68 Å². The Kier molecular flexibility index (Phi) is 5.29. The molecular formula is C18H22ClN5O2. The summed E-state index contributed by atoms with van der Waals surface area (Å²) in [6.45, 7) is 5.64. The van der Waals surface area contributed by atoms with Gasteiger partial charge in [-0.05, 0) is 25.5 Å². The summed E-state index contributed by atoms with van der Waals surface area (Å²) in [5.41, 5.74) is 1.49. The molecule has 1 aliphatic heterocycles. The Morgan fingerprint density at radius 3 is 2.77 bits per heavy atom. The van der Waals surface area contributed by atoms with E-state index in [9.17, 15) is 9.59 Å². The third kappa shape index (κ3) is 3.89. The fourth-order valence-electron chi connectivity index (χ4n) is 2.87. The second-order valence-electron chi connectivity index (χ2n) is 6.59. The van der Waals surface area contributed by atoms with Crippen molar-refractivity contribution in [2.24, 2.45) is 5.92 Å². The Hall–Kier alpha value is -2.38. The molecule has 0 aliphatic carbocycles. The van der Waals surface area contributed by atoms with Crippen molar-refractivity contribution in [1.82, 2.24) is 20.4 Å². The number of halogens is 1. The van der Waals surface area contributed by atoms with E-state index in [1.54, 1.807) is 16.8 Å². The van der Waals surface area contributed by atoms with E-state index in [0.717, 1.165) is 11.3 Å². The third-order valence-electron chi connectivity index (χ3n) is 4.54. The van der Waals surface area contributed by atoms with Crippen LogP contribution < -0.4 is 16.0 Å². The minimum Gasteiger partial charge on any atom is -0.322 e. The zero-order valence-corrected chi connectivity index (χ0v) is 15.7. The standard InChI is InChI=1S/C18H22ClN5O2/c1-10-8-15(21-16(25)9-13-6-4-5-7-14(13)19)24(23-10)18-20-12(3)11(2)17(26)22-18/h4-8,11-12,18,20H,9H2,1-3H3,(H,21,25)(H,22,26). The minimum atomic E-state index is -0.516. The lowest BCUT2D eigenvalue weighted by atomic mass is 10.0. The van der Waals surface area contributed by atoms with Crippen LogP contribution in [0.5, 0.6) is 0 Å². The fraction of sp³-hybridized carbons (Fsp3) is 0.389. The summed E-state index contributed by atoms with van der Waals surface area (Å²) < 4.78 is 1.58. The fourth-order valence-corrected chi connectivity index (χ4v) is 3.07. The smallest absolute Gasteiger partial charge is 0.229 e. The highest BCUT2D eigenvalue weighted by molar-refractivity contribution is 6.31. The van der Waals surface area contributed by atoms with Crippen LogP contribution in [0, 0.1) is 12.8 Å². The predicted octanol–water partition coefficient (Wildman–Crippen LogP) is 2.23. The van der Waals surface area contributed by atoms with E-state index in [4.69, 9.17) is 11.6 Å². The molecule has 1 aromatic carbocycles. The van der Waals surface area contributed by atoms with E-state index in [1.807, 2.05) is 39.0 Å². The molecule has 0 radical (unpaired) electrons. The lowest BCUT2D eigenvalue weighted by Crippen LogP contribution is -2.57. The van der Waals surface area contributed by atoms with Crippen LogP contribution in [-0.4, -0.2) is 27.6 Å². The van der Waals surface area contributed by atoms with Crippen LogP contribution in [-0.2, 0) is 16.0 Å². The van der Waals surface area contributed by atoms with Crippen molar-refractivity contribution in [3.8, 4) is 0 Å². The van der Waals surface area contributed by atoms with E-state index in [1.165, 1.54) is 0 Å². The van der Waals surface area contributed by atoms with Gasteiger partial charge in [-0.2, -0.15) is 5.10 Å². The molecule has 7 nitrogen and oxygen atoms in total. The highest BCUT2D eigenvalue weighted by Crippen LogP contribution is 2.20. The van der Waals surface area contributed by atoms with Gasteiger partial charge in [0.25, 0.3) is 0 Å². The van der Waals surface area contributed by atoms with Gasteiger partial charge in [0.1, 0.15) is 5.82 Å². The van der Waals surface area contributed by atoms with Crippen LogP contribution in [0.3, 0.4) is 0 Å². The van der Waals surface area contributed by atoms with E-state index in [0.29, 0.717) is 10.8 Å². The molecule has 0 bridgehead atoms. The molecule has 26 heavy (non-hydrogen) atoms. The molecule has 8 heteroatoms. The number of amides is 2. The van der Waals surface area contributed by atoms with Gasteiger partial charge in [0.2, 0.25) is 11.8 Å². The molecule has 2 aromatic rings. The quantitative estimate of drug-likeness (QED) is 0.764. The number of rotatable bonds is 4. The molecule has 3 unspecified atom stereocenters. The Balaban J connectivity index is 1.76. The minimum absolute atomic E-state index is 0.00932. The molecule has 3 atom stereocenters. The maximum Gasteiger partial charge on any atom is 0.229 e. The zero-order valence-electron chi connectivity index (χ0n) is 14.9. The number of carbonyl (C=O) groups is 2. The van der Waals surface area contributed by atoms with Crippen molar-refractivity contribution >= 4 is 29.2 Å². The summed E-state index contributed by atoms with van der Waals surface area (Å²) in [7, 11) is 0. The van der Waals surface area contributed by atoms with Gasteiger partial charge >= 0.3 is 0 Å². The number of carbonyl (C=O) groups excluding carboxylic acids is 2. The van der Waals surface area contributed by atoms with Gasteiger partial charge in [-0.15, -0.1) is 0 Å². The van der Waals surface area contributed by atoms with Gasteiger partial charge in [0, 0.05) is 17.1 Å².